The molecule has 0 radical (unpaired) electrons. The van der Waals surface area contributed by atoms with Crippen molar-refractivity contribution in [1.29, 1.82) is 0 Å². The lowest BCUT2D eigenvalue weighted by Crippen LogP contribution is -2.60. The Hall–Kier alpha value is -4.45. The van der Waals surface area contributed by atoms with Crippen LogP contribution in [0.5, 0.6) is 11.5 Å². The molecule has 2 saturated heterocycles. The zero-order valence-corrected chi connectivity index (χ0v) is 26.0. The van der Waals surface area contributed by atoms with E-state index in [-0.39, 0.29) is 12.0 Å². The number of likely N-dealkylation sites (tertiary alicyclic amines) is 1. The number of ether oxygens (including phenoxy) is 1. The molecule has 266 valence electrons. The highest BCUT2D eigenvalue weighted by atomic mass is 35.5. The molecule has 6 atom stereocenters. The molecule has 6 unspecified atom stereocenters. The molecule has 6 rings (SSSR count). The Morgan fingerprint density at radius 3 is 2.10 bits per heavy atom. The zero-order valence-electron chi connectivity index (χ0n) is 24.5. The number of hydrogen-bond acceptors (Lipinski definition) is 7. The minimum Gasteiger partial charge on any atom is -0.508 e. The van der Waals surface area contributed by atoms with Gasteiger partial charge in [-0.1, -0.05) is 11.6 Å². The van der Waals surface area contributed by atoms with Crippen molar-refractivity contribution in [2.45, 2.75) is 41.3 Å². The van der Waals surface area contributed by atoms with Crippen LogP contribution in [0.4, 0.5) is 40.8 Å². The molecule has 3 fully saturated rings. The number of phenols is 1. The van der Waals surface area contributed by atoms with Crippen LogP contribution in [0.15, 0.2) is 29.8 Å². The Balaban J connectivity index is 1.59. The molecule has 0 bridgehead atoms. The Bertz CT molecular complexity index is 1930. The summed E-state index contributed by atoms with van der Waals surface area (Å²) in [5, 5.41) is 20.1. The van der Waals surface area contributed by atoms with Crippen molar-refractivity contribution in [3.63, 3.8) is 0 Å². The first kappa shape index (κ1) is 35.4. The largest absolute Gasteiger partial charge is 0.573 e. The lowest BCUT2D eigenvalue weighted by molar-refractivity contribution is -0.274. The van der Waals surface area contributed by atoms with Gasteiger partial charge in [0.25, 0.3) is 11.8 Å². The maximum atomic E-state index is 15.1. The standard InChI is InChI=1S/C30H18Cl2F8N2O8/c31-28-8-13-10(2-3-11-16(13)25(47)41(24(11)46)6-5-15(44)45)17(12-7-9(1-4-14(12)43)50-30(38,39)40)29(28,32)27(49)42(26(28)48)23-21(36)19(34)18(33)20(35)22(23)37/h1-2,4,7,11,13,16-17,43H,3,5-6,8H2,(H,44,45). The van der Waals surface area contributed by atoms with Crippen molar-refractivity contribution in [3.8, 4) is 11.5 Å². The third-order valence-electron chi connectivity index (χ3n) is 9.41. The molecule has 0 aromatic heterocycles. The second-order valence-electron chi connectivity index (χ2n) is 11.9. The van der Waals surface area contributed by atoms with E-state index in [0.29, 0.717) is 23.1 Å². The van der Waals surface area contributed by atoms with E-state index in [1.807, 2.05) is 0 Å². The van der Waals surface area contributed by atoms with Crippen LogP contribution in [0.2, 0.25) is 0 Å². The molecule has 2 aliphatic heterocycles. The van der Waals surface area contributed by atoms with E-state index in [4.69, 9.17) is 28.3 Å². The molecule has 4 aliphatic rings. The molecule has 0 spiro atoms. The number of imide groups is 2. The van der Waals surface area contributed by atoms with Gasteiger partial charge in [0.2, 0.25) is 17.6 Å². The van der Waals surface area contributed by atoms with E-state index in [1.165, 1.54) is 6.08 Å². The Labute approximate surface area is 283 Å². The summed E-state index contributed by atoms with van der Waals surface area (Å²) in [6.07, 6.45) is -6.00. The van der Waals surface area contributed by atoms with Crippen molar-refractivity contribution >= 4 is 58.5 Å². The van der Waals surface area contributed by atoms with Crippen LogP contribution in [0.25, 0.3) is 0 Å². The molecule has 2 N–H and O–H groups in total. The van der Waals surface area contributed by atoms with Crippen LogP contribution >= 0.6 is 23.2 Å². The SMILES string of the molecule is O=C(O)CCN1C(=O)C2CC=C3C(CC4(Cl)C(=O)N(c5c(F)c(F)c(F)c(F)c5F)C(=O)C4(Cl)C3c3cc(OC(F)(F)F)ccc3O)C2C1=O. The van der Waals surface area contributed by atoms with Crippen LogP contribution in [0, 0.1) is 46.8 Å². The fraction of sp³-hybridized carbons (Fsp3) is 0.367. The number of halogens is 10. The molecular weight excluding hydrogens is 739 g/mol. The summed E-state index contributed by atoms with van der Waals surface area (Å²) in [7, 11) is 0. The number of aliphatic carboxylic acids is 1. The smallest absolute Gasteiger partial charge is 0.508 e. The average molecular weight is 757 g/mol. The molecular formula is C30H18Cl2F8N2O8. The highest BCUT2D eigenvalue weighted by Crippen LogP contribution is 2.67. The molecule has 20 heteroatoms. The van der Waals surface area contributed by atoms with Gasteiger partial charge in [0.05, 0.1) is 18.3 Å². The number of allylic oxidation sites excluding steroid dienone is 2. The van der Waals surface area contributed by atoms with Gasteiger partial charge in [-0.2, -0.15) is 0 Å². The second-order valence-corrected chi connectivity index (χ2v) is 13.2. The van der Waals surface area contributed by atoms with Crippen LogP contribution in [0.3, 0.4) is 0 Å². The fourth-order valence-corrected chi connectivity index (χ4v) is 8.29. The Morgan fingerprint density at radius 1 is 0.920 bits per heavy atom. The third kappa shape index (κ3) is 4.85. The molecule has 1 saturated carbocycles. The molecule has 2 aromatic rings. The minimum absolute atomic E-state index is 0.168. The van der Waals surface area contributed by atoms with Gasteiger partial charge in [0.15, 0.2) is 33.0 Å². The third-order valence-corrected chi connectivity index (χ3v) is 10.8. The van der Waals surface area contributed by atoms with Crippen LogP contribution in [0.1, 0.15) is 30.7 Å². The summed E-state index contributed by atoms with van der Waals surface area (Å²) in [6, 6.07) is 1.86. The summed E-state index contributed by atoms with van der Waals surface area (Å²) in [5.41, 5.74) is -2.95. The van der Waals surface area contributed by atoms with Crippen molar-refractivity contribution in [1.82, 2.24) is 4.90 Å². The average Bonchev–Trinajstić information content (AvgIpc) is 3.36. The van der Waals surface area contributed by atoms with Crippen LogP contribution in [-0.4, -0.2) is 67.4 Å². The van der Waals surface area contributed by atoms with Gasteiger partial charge in [-0.3, -0.25) is 28.9 Å². The maximum Gasteiger partial charge on any atom is 0.573 e. The van der Waals surface area contributed by atoms with Gasteiger partial charge < -0.3 is 14.9 Å². The number of carboxylic acids is 1. The van der Waals surface area contributed by atoms with Crippen LogP contribution in [-0.2, 0) is 24.0 Å². The number of alkyl halides is 5. The number of benzene rings is 2. The number of carbonyl (C=O) groups excluding carboxylic acids is 4. The number of hydrogen-bond donors (Lipinski definition) is 2. The second kappa shape index (κ2) is 11.5. The van der Waals surface area contributed by atoms with E-state index in [9.17, 15) is 55.4 Å². The van der Waals surface area contributed by atoms with Gasteiger partial charge in [0, 0.05) is 18.0 Å². The highest BCUT2D eigenvalue weighted by Gasteiger charge is 2.77. The first-order valence-electron chi connectivity index (χ1n) is 14.3. The van der Waals surface area contributed by atoms with Crippen LogP contribution < -0.4 is 9.64 Å². The quantitative estimate of drug-likeness (QED) is 0.105. The predicted octanol–water partition coefficient (Wildman–Crippen LogP) is 5.02. The number of amides is 4. The number of aromatic hydroxyl groups is 1. The van der Waals surface area contributed by atoms with Crippen molar-refractivity contribution < 1.29 is 74.0 Å². The number of carbonyl (C=O) groups is 5. The minimum atomic E-state index is -5.31. The van der Waals surface area contributed by atoms with E-state index in [0.717, 1.165) is 0 Å². The monoisotopic (exact) mass is 756 g/mol. The summed E-state index contributed by atoms with van der Waals surface area (Å²) in [5.74, 6) is -28.2. The van der Waals surface area contributed by atoms with E-state index in [2.05, 4.69) is 4.74 Å². The van der Waals surface area contributed by atoms with Gasteiger partial charge in [-0.25, -0.2) is 26.9 Å². The van der Waals surface area contributed by atoms with Gasteiger partial charge in [-0.05, 0) is 37.0 Å². The number of rotatable bonds is 6. The lowest BCUT2D eigenvalue weighted by Gasteiger charge is -2.50. The number of phenolic OH excluding ortho intramolecular Hbond substituents is 1. The first-order chi connectivity index (χ1) is 23.2. The molecule has 2 heterocycles. The Morgan fingerprint density at radius 2 is 1.52 bits per heavy atom. The van der Waals surface area contributed by atoms with Crippen molar-refractivity contribution in [3.05, 3.63) is 64.5 Å². The normalized spacial score (nSPS) is 29.2. The molecule has 2 aromatic carbocycles. The first-order valence-corrected chi connectivity index (χ1v) is 15.1. The van der Waals surface area contributed by atoms with E-state index < -0.39 is 146 Å². The summed E-state index contributed by atoms with van der Waals surface area (Å²) < 4.78 is 116. The molecule has 10 nitrogen and oxygen atoms in total. The number of fused-ring (bicyclic) bond motifs is 4. The predicted molar refractivity (Wildman–Crippen MR) is 150 cm³/mol. The van der Waals surface area contributed by atoms with E-state index >= 15 is 8.78 Å². The fourth-order valence-electron chi connectivity index (χ4n) is 7.37. The summed E-state index contributed by atoms with van der Waals surface area (Å²) in [4.78, 5) is 60.5. The highest BCUT2D eigenvalue weighted by molar-refractivity contribution is 6.58. The van der Waals surface area contributed by atoms with Gasteiger partial charge in [0.1, 0.15) is 17.2 Å². The number of nitrogens with zero attached hydrogens (tertiary/aromatic N) is 2. The zero-order chi connectivity index (χ0) is 37.0. The maximum absolute atomic E-state index is 15.1. The molecule has 50 heavy (non-hydrogen) atoms. The van der Waals surface area contributed by atoms with Gasteiger partial charge in [-0.15, -0.1) is 36.4 Å². The Kier molecular flexibility index (Phi) is 8.17. The van der Waals surface area contributed by atoms with Crippen molar-refractivity contribution in [2.75, 3.05) is 11.4 Å². The number of carboxylic acid groups (broad SMARTS) is 1. The lowest BCUT2D eigenvalue weighted by atomic mass is 9.56. The summed E-state index contributed by atoms with van der Waals surface area (Å²) in [6.45, 7) is -0.583. The topological polar surface area (TPSA) is 142 Å². The van der Waals surface area contributed by atoms with Crippen molar-refractivity contribution in [2.24, 2.45) is 17.8 Å². The molecule has 4 amide bonds. The number of anilines is 1. The molecule has 2 aliphatic carbocycles. The summed E-state index contributed by atoms with van der Waals surface area (Å²) >= 11 is 13.8. The van der Waals surface area contributed by atoms with Gasteiger partial charge >= 0.3 is 12.3 Å². The van der Waals surface area contributed by atoms with E-state index in [1.54, 1.807) is 0 Å².